The summed E-state index contributed by atoms with van der Waals surface area (Å²) in [5, 5.41) is 45.3. The summed E-state index contributed by atoms with van der Waals surface area (Å²) in [4.78, 5) is 50.5. The van der Waals surface area contributed by atoms with Gasteiger partial charge >= 0.3 is 5.97 Å². The molecular formula is C26H34N4O8. The maximum atomic E-state index is 13.4. The molecule has 12 nitrogen and oxygen atoms in total. The van der Waals surface area contributed by atoms with Crippen molar-refractivity contribution >= 4 is 23.7 Å². The van der Waals surface area contributed by atoms with E-state index >= 15 is 0 Å². The summed E-state index contributed by atoms with van der Waals surface area (Å²) in [6.45, 7) is 2.59. The molecule has 0 fully saturated rings. The van der Waals surface area contributed by atoms with Crippen molar-refractivity contribution < 1.29 is 39.6 Å². The van der Waals surface area contributed by atoms with Crippen molar-refractivity contribution in [2.45, 2.75) is 50.9 Å². The Balaban J connectivity index is 2.33. The predicted octanol–water partition coefficient (Wildman–Crippen LogP) is -0.602. The van der Waals surface area contributed by atoms with Crippen LogP contribution >= 0.6 is 0 Å². The van der Waals surface area contributed by atoms with Gasteiger partial charge in [-0.1, -0.05) is 38.1 Å². The number of carboxylic acids is 1. The molecule has 0 aliphatic rings. The van der Waals surface area contributed by atoms with E-state index < -0.39 is 60.4 Å². The number of nitrogens with one attached hydrogen (secondary N) is 3. The van der Waals surface area contributed by atoms with Gasteiger partial charge in [0.25, 0.3) is 0 Å². The lowest BCUT2D eigenvalue weighted by atomic mass is 10.0. The normalized spacial score (nSPS) is 14.1. The quantitative estimate of drug-likeness (QED) is 0.166. The van der Waals surface area contributed by atoms with E-state index in [0.717, 1.165) is 0 Å². The van der Waals surface area contributed by atoms with Gasteiger partial charge in [-0.15, -0.1) is 0 Å². The molecule has 2 rings (SSSR count). The van der Waals surface area contributed by atoms with Crippen LogP contribution < -0.4 is 21.7 Å². The first kappa shape index (κ1) is 30.1. The molecule has 0 aliphatic carbocycles. The van der Waals surface area contributed by atoms with Gasteiger partial charge in [0.2, 0.25) is 17.7 Å². The van der Waals surface area contributed by atoms with Gasteiger partial charge in [-0.25, -0.2) is 4.79 Å². The number of nitrogens with two attached hydrogens (primary N) is 1. The largest absolute Gasteiger partial charge is 0.508 e. The maximum Gasteiger partial charge on any atom is 0.326 e. The third kappa shape index (κ3) is 9.05. The summed E-state index contributed by atoms with van der Waals surface area (Å²) in [5.74, 6) is -3.98. The highest BCUT2D eigenvalue weighted by molar-refractivity contribution is 5.94. The molecule has 12 heteroatoms. The van der Waals surface area contributed by atoms with Crippen LogP contribution in [0.25, 0.3) is 0 Å². The smallest absolute Gasteiger partial charge is 0.326 e. The molecule has 0 aromatic heterocycles. The van der Waals surface area contributed by atoms with Crippen LogP contribution in [0.15, 0.2) is 48.5 Å². The molecule has 0 spiro atoms. The SMILES string of the molecule is CC(C)C(NC(=O)C(Cc1ccc(O)cc1)NC(=O)C(Cc1ccc(O)cc1)NC(=O)C(N)CO)C(=O)O. The Morgan fingerprint density at radius 1 is 0.737 bits per heavy atom. The van der Waals surface area contributed by atoms with Crippen molar-refractivity contribution in [2.24, 2.45) is 11.7 Å². The third-order valence-corrected chi connectivity index (χ3v) is 5.78. The Morgan fingerprint density at radius 3 is 1.50 bits per heavy atom. The topological polar surface area (TPSA) is 211 Å². The zero-order valence-corrected chi connectivity index (χ0v) is 21.1. The molecule has 0 bridgehead atoms. The number of hydrogen-bond acceptors (Lipinski definition) is 8. The molecule has 2 aromatic carbocycles. The fourth-order valence-electron chi connectivity index (χ4n) is 3.56. The van der Waals surface area contributed by atoms with E-state index in [2.05, 4.69) is 16.0 Å². The van der Waals surface area contributed by atoms with Gasteiger partial charge in [-0.05, 0) is 41.3 Å². The van der Waals surface area contributed by atoms with E-state index in [4.69, 9.17) is 5.73 Å². The minimum atomic E-state index is -1.29. The average molecular weight is 531 g/mol. The number of carbonyl (C=O) groups is 4. The highest BCUT2D eigenvalue weighted by Crippen LogP contribution is 2.14. The second kappa shape index (κ2) is 14.0. The van der Waals surface area contributed by atoms with Gasteiger partial charge < -0.3 is 42.1 Å². The number of phenolic OH excluding ortho intramolecular Hbond substituents is 2. The molecule has 0 saturated heterocycles. The van der Waals surface area contributed by atoms with Gasteiger partial charge in [-0.3, -0.25) is 14.4 Å². The van der Waals surface area contributed by atoms with Crippen LogP contribution in [0.3, 0.4) is 0 Å². The number of carboxylic acid groups (broad SMARTS) is 1. The van der Waals surface area contributed by atoms with E-state index in [9.17, 15) is 39.6 Å². The van der Waals surface area contributed by atoms with Crippen LogP contribution in [-0.4, -0.2) is 74.9 Å². The molecule has 206 valence electrons. The number of hydrogen-bond donors (Lipinski definition) is 8. The molecule has 4 unspecified atom stereocenters. The monoisotopic (exact) mass is 530 g/mol. The van der Waals surface area contributed by atoms with Gasteiger partial charge in [0.1, 0.15) is 35.7 Å². The van der Waals surface area contributed by atoms with Crippen LogP contribution in [0.2, 0.25) is 0 Å². The van der Waals surface area contributed by atoms with Gasteiger partial charge in [0.15, 0.2) is 0 Å². The van der Waals surface area contributed by atoms with Crippen molar-refractivity contribution in [3.8, 4) is 11.5 Å². The van der Waals surface area contributed by atoms with Crippen molar-refractivity contribution in [2.75, 3.05) is 6.61 Å². The fourth-order valence-corrected chi connectivity index (χ4v) is 3.56. The van der Waals surface area contributed by atoms with Crippen molar-refractivity contribution in [1.29, 1.82) is 0 Å². The molecule has 0 heterocycles. The van der Waals surface area contributed by atoms with Crippen molar-refractivity contribution in [3.63, 3.8) is 0 Å². The van der Waals surface area contributed by atoms with E-state index in [1.165, 1.54) is 24.3 Å². The summed E-state index contributed by atoms with van der Waals surface area (Å²) in [6, 6.07) is 6.87. The fraction of sp³-hybridized carbons (Fsp3) is 0.385. The lowest BCUT2D eigenvalue weighted by Gasteiger charge is -2.26. The standard InChI is InChI=1S/C26H34N4O8/c1-14(2)22(26(37)38)30-25(36)21(12-16-5-9-18(33)10-6-16)29-24(35)20(28-23(34)19(27)13-31)11-15-3-7-17(32)8-4-15/h3-10,14,19-22,31-33H,11-13,27H2,1-2H3,(H,28,34)(H,29,35)(H,30,36)(H,37,38). The minimum Gasteiger partial charge on any atom is -0.508 e. The zero-order valence-electron chi connectivity index (χ0n) is 21.1. The molecule has 0 aliphatic heterocycles. The summed E-state index contributed by atoms with van der Waals surface area (Å²) in [7, 11) is 0. The van der Waals surface area contributed by atoms with Crippen molar-refractivity contribution in [3.05, 3.63) is 59.7 Å². The summed E-state index contributed by atoms with van der Waals surface area (Å²) < 4.78 is 0. The Labute approximate surface area is 219 Å². The summed E-state index contributed by atoms with van der Waals surface area (Å²) in [6.07, 6.45) is -0.0778. The second-order valence-electron chi connectivity index (χ2n) is 9.22. The molecule has 3 amide bonds. The van der Waals surface area contributed by atoms with Crippen LogP contribution in [0.4, 0.5) is 0 Å². The Kier molecular flexibility index (Phi) is 11.0. The van der Waals surface area contributed by atoms with E-state index in [1.54, 1.807) is 38.1 Å². The zero-order chi connectivity index (χ0) is 28.4. The number of aliphatic hydroxyl groups excluding tert-OH is 1. The number of benzene rings is 2. The number of amides is 3. The van der Waals surface area contributed by atoms with E-state index in [-0.39, 0.29) is 24.3 Å². The van der Waals surface area contributed by atoms with Gasteiger partial charge in [0.05, 0.1) is 6.61 Å². The average Bonchev–Trinajstić information content (AvgIpc) is 2.87. The molecule has 38 heavy (non-hydrogen) atoms. The Hall–Kier alpha value is -4.16. The molecular weight excluding hydrogens is 496 g/mol. The van der Waals surface area contributed by atoms with Crippen LogP contribution in [-0.2, 0) is 32.0 Å². The van der Waals surface area contributed by atoms with E-state index in [1.807, 2.05) is 0 Å². The van der Waals surface area contributed by atoms with Crippen LogP contribution in [0, 0.1) is 5.92 Å². The lowest BCUT2D eigenvalue weighted by molar-refractivity contribution is -0.143. The Morgan fingerprint density at radius 2 is 1.13 bits per heavy atom. The first-order valence-electron chi connectivity index (χ1n) is 12.0. The minimum absolute atomic E-state index is 0.00133. The number of aromatic hydroxyl groups is 2. The first-order valence-corrected chi connectivity index (χ1v) is 12.0. The number of rotatable bonds is 13. The predicted molar refractivity (Wildman–Crippen MR) is 137 cm³/mol. The molecule has 2 aromatic rings. The highest BCUT2D eigenvalue weighted by atomic mass is 16.4. The summed E-state index contributed by atoms with van der Waals surface area (Å²) in [5.41, 5.74) is 6.73. The highest BCUT2D eigenvalue weighted by Gasteiger charge is 2.31. The second-order valence-corrected chi connectivity index (χ2v) is 9.22. The van der Waals surface area contributed by atoms with Crippen LogP contribution in [0.5, 0.6) is 11.5 Å². The van der Waals surface area contributed by atoms with Crippen LogP contribution in [0.1, 0.15) is 25.0 Å². The number of aliphatic carboxylic acids is 1. The van der Waals surface area contributed by atoms with Gasteiger partial charge in [-0.2, -0.15) is 0 Å². The van der Waals surface area contributed by atoms with Gasteiger partial charge in [0, 0.05) is 12.8 Å². The lowest BCUT2D eigenvalue weighted by Crippen LogP contribution is -2.58. The maximum absolute atomic E-state index is 13.4. The Bertz CT molecular complexity index is 1110. The molecule has 4 atom stereocenters. The third-order valence-electron chi connectivity index (χ3n) is 5.78. The van der Waals surface area contributed by atoms with Crippen molar-refractivity contribution in [1.82, 2.24) is 16.0 Å². The van der Waals surface area contributed by atoms with E-state index in [0.29, 0.717) is 11.1 Å². The summed E-state index contributed by atoms with van der Waals surface area (Å²) >= 11 is 0. The molecule has 0 saturated carbocycles. The number of phenols is 2. The molecule has 0 radical (unpaired) electrons. The molecule has 9 N–H and O–H groups in total. The number of carbonyl (C=O) groups excluding carboxylic acids is 3. The number of aliphatic hydroxyl groups is 1. The first-order chi connectivity index (χ1) is 17.9.